The van der Waals surface area contributed by atoms with E-state index in [1.54, 1.807) is 31.6 Å². The molecule has 0 bridgehead atoms. The average molecular weight is 587 g/mol. The van der Waals surface area contributed by atoms with Crippen molar-refractivity contribution in [3.63, 3.8) is 0 Å². The zero-order valence-electron chi connectivity index (χ0n) is 23.6. The molecule has 0 radical (unpaired) electrons. The lowest BCUT2D eigenvalue weighted by molar-refractivity contribution is 0.0133. The summed E-state index contributed by atoms with van der Waals surface area (Å²) in [6, 6.07) is 9.42. The molecule has 0 unspecified atom stereocenters. The van der Waals surface area contributed by atoms with E-state index in [-0.39, 0.29) is 25.1 Å². The lowest BCUT2D eigenvalue weighted by atomic mass is 10.0. The number of rotatable bonds is 8. The number of pyridine rings is 1. The second-order valence-corrected chi connectivity index (χ2v) is 11.3. The summed E-state index contributed by atoms with van der Waals surface area (Å²) in [5.41, 5.74) is 9.45. The van der Waals surface area contributed by atoms with Gasteiger partial charge in [0.1, 0.15) is 29.2 Å². The third kappa shape index (κ3) is 5.15. The smallest absolute Gasteiger partial charge is 0.404 e. The quantitative estimate of drug-likeness (QED) is 0.280. The maximum atomic E-state index is 14.6. The number of piperidine rings is 1. The van der Waals surface area contributed by atoms with Gasteiger partial charge in [-0.05, 0) is 49.1 Å². The molecule has 2 fully saturated rings. The first-order valence-electron chi connectivity index (χ1n) is 14.3. The van der Waals surface area contributed by atoms with Gasteiger partial charge in [0.15, 0.2) is 5.82 Å². The minimum absolute atomic E-state index is 0.0133. The summed E-state index contributed by atoms with van der Waals surface area (Å²) in [4.78, 5) is 36.1. The third-order valence-corrected chi connectivity index (χ3v) is 8.12. The van der Waals surface area contributed by atoms with Gasteiger partial charge in [0.2, 0.25) is 0 Å². The van der Waals surface area contributed by atoms with Crippen LogP contribution in [0.15, 0.2) is 48.9 Å². The van der Waals surface area contributed by atoms with E-state index in [9.17, 15) is 14.0 Å². The first-order valence-corrected chi connectivity index (χ1v) is 14.3. The van der Waals surface area contributed by atoms with Gasteiger partial charge >= 0.3 is 6.09 Å². The number of carbonyl (C=O) groups excluding carboxylic acids is 2. The number of ether oxygens (including phenoxy) is 2. The standard InChI is InChI=1S/C30H31FN8O4/c1-42-25-9-20(29(40)37-15-21(31)10-22(16-37)43-30(32)41)7-23-26(25)39(14-18-11-34-35-12-18)28(36-23)24-8-19-3-2-6-33-27(19)38(24)13-17-4-5-17/h2-3,6-9,11-12,17,21-22H,4-5,10,13-16H2,1H3,(H2,32,41)(H,34,35)/t21-,22-/m1/s1. The average Bonchev–Trinajstić information content (AvgIpc) is 3.35. The van der Waals surface area contributed by atoms with Crippen LogP contribution >= 0.6 is 0 Å². The second kappa shape index (κ2) is 10.7. The highest BCUT2D eigenvalue weighted by molar-refractivity contribution is 6.00. The molecule has 1 aromatic carbocycles. The summed E-state index contributed by atoms with van der Waals surface area (Å²) < 4.78 is 29.7. The highest BCUT2D eigenvalue weighted by atomic mass is 19.1. The van der Waals surface area contributed by atoms with Crippen molar-refractivity contribution >= 4 is 34.1 Å². The Bertz CT molecular complexity index is 1830. The minimum atomic E-state index is -1.35. The number of primary amides is 1. The number of methoxy groups -OCH3 is 1. The summed E-state index contributed by atoms with van der Waals surface area (Å²) in [5, 5.41) is 8.01. The number of benzene rings is 1. The molecule has 2 atom stereocenters. The van der Waals surface area contributed by atoms with Crippen LogP contribution in [0.25, 0.3) is 33.6 Å². The van der Waals surface area contributed by atoms with Gasteiger partial charge in [0.05, 0.1) is 44.2 Å². The van der Waals surface area contributed by atoms with Crippen molar-refractivity contribution in [1.82, 2.24) is 34.2 Å². The molecule has 12 nitrogen and oxygen atoms in total. The topological polar surface area (TPSA) is 146 Å². The van der Waals surface area contributed by atoms with Crippen molar-refractivity contribution in [3.8, 4) is 17.3 Å². The Balaban J connectivity index is 1.36. The van der Waals surface area contributed by atoms with Gasteiger partial charge in [-0.15, -0.1) is 0 Å². The number of hydrogen-bond donors (Lipinski definition) is 2. The Morgan fingerprint density at radius 1 is 1.19 bits per heavy atom. The van der Waals surface area contributed by atoms with E-state index < -0.39 is 24.3 Å². The van der Waals surface area contributed by atoms with Crippen molar-refractivity contribution in [3.05, 3.63) is 60.0 Å². The van der Waals surface area contributed by atoms with Crippen LogP contribution in [-0.2, 0) is 17.8 Å². The summed E-state index contributed by atoms with van der Waals surface area (Å²) in [6.45, 7) is 1.20. The molecule has 7 rings (SSSR count). The molecule has 0 spiro atoms. The van der Waals surface area contributed by atoms with Gasteiger partial charge in [-0.25, -0.2) is 19.2 Å². The maximum Gasteiger partial charge on any atom is 0.404 e. The number of carbonyl (C=O) groups is 2. The van der Waals surface area contributed by atoms with Gasteiger partial charge in [0, 0.05) is 41.9 Å². The number of H-pyrrole nitrogens is 1. The van der Waals surface area contributed by atoms with E-state index in [0.29, 0.717) is 35.1 Å². The fraction of sp³-hybridized carbons (Fsp3) is 0.367. The number of nitrogens with two attached hydrogens (primary N) is 1. The van der Waals surface area contributed by atoms with Gasteiger partial charge < -0.3 is 29.2 Å². The summed E-state index contributed by atoms with van der Waals surface area (Å²) in [6.07, 6.45) is 4.56. The number of halogens is 1. The molecule has 43 heavy (non-hydrogen) atoms. The molecule has 2 amide bonds. The predicted molar refractivity (Wildman–Crippen MR) is 155 cm³/mol. The molecule has 2 aliphatic rings. The molecular weight excluding hydrogens is 555 g/mol. The van der Waals surface area contributed by atoms with Crippen molar-refractivity contribution in [1.29, 1.82) is 0 Å². The van der Waals surface area contributed by atoms with Crippen LogP contribution < -0.4 is 10.5 Å². The van der Waals surface area contributed by atoms with Gasteiger partial charge in [-0.1, -0.05) is 0 Å². The molecule has 3 N–H and O–H groups in total. The van der Waals surface area contributed by atoms with Gasteiger partial charge in [-0.2, -0.15) is 5.10 Å². The first kappa shape index (κ1) is 26.9. The maximum absolute atomic E-state index is 14.6. The highest BCUT2D eigenvalue weighted by Crippen LogP contribution is 2.38. The van der Waals surface area contributed by atoms with Crippen molar-refractivity contribution < 1.29 is 23.5 Å². The molecule has 1 aliphatic heterocycles. The van der Waals surface area contributed by atoms with Crippen LogP contribution in [-0.4, -0.2) is 78.7 Å². The number of alkyl halides is 1. The number of hydrogen-bond acceptors (Lipinski definition) is 7. The molecule has 4 aromatic heterocycles. The number of nitrogens with zero attached hydrogens (tertiary/aromatic N) is 6. The first-order chi connectivity index (χ1) is 20.9. The molecule has 5 aromatic rings. The molecule has 13 heteroatoms. The molecule has 5 heterocycles. The third-order valence-electron chi connectivity index (χ3n) is 8.12. The number of amides is 2. The Morgan fingerprint density at radius 3 is 2.79 bits per heavy atom. The number of likely N-dealkylation sites (tertiary alicyclic amines) is 1. The Labute approximate surface area is 245 Å². The fourth-order valence-corrected chi connectivity index (χ4v) is 6.01. The second-order valence-electron chi connectivity index (χ2n) is 11.3. The number of imidazole rings is 1. The van der Waals surface area contributed by atoms with E-state index in [0.717, 1.165) is 28.8 Å². The Hall–Kier alpha value is -4.94. The minimum Gasteiger partial charge on any atom is -0.494 e. The van der Waals surface area contributed by atoms with E-state index in [2.05, 4.69) is 30.4 Å². The van der Waals surface area contributed by atoms with E-state index in [4.69, 9.17) is 20.2 Å². The molecule has 1 saturated heterocycles. The van der Waals surface area contributed by atoms with Crippen LogP contribution in [0.3, 0.4) is 0 Å². The SMILES string of the molecule is COc1cc(C(=O)N2C[C@H](F)C[C@@H](OC(N)=O)C2)cc2nc(-c3cc4cccnc4n3CC3CC3)n(Cc3cn[nH]c3)c12. The summed E-state index contributed by atoms with van der Waals surface area (Å²) in [7, 11) is 1.54. The summed E-state index contributed by atoms with van der Waals surface area (Å²) >= 11 is 0. The molecule has 1 aliphatic carbocycles. The normalized spacial score (nSPS) is 18.8. The predicted octanol–water partition coefficient (Wildman–Crippen LogP) is 3.89. The monoisotopic (exact) mass is 586 g/mol. The van der Waals surface area contributed by atoms with Crippen molar-refractivity contribution in [2.24, 2.45) is 11.7 Å². The van der Waals surface area contributed by atoms with Gasteiger partial charge in [-0.3, -0.25) is 9.89 Å². The molecule has 1 saturated carbocycles. The van der Waals surface area contributed by atoms with Crippen LogP contribution in [0, 0.1) is 5.92 Å². The van der Waals surface area contributed by atoms with E-state index >= 15 is 0 Å². The van der Waals surface area contributed by atoms with Crippen LogP contribution in [0.4, 0.5) is 9.18 Å². The Morgan fingerprint density at radius 2 is 2.05 bits per heavy atom. The molecule has 222 valence electrons. The fourth-order valence-electron chi connectivity index (χ4n) is 6.01. The van der Waals surface area contributed by atoms with Crippen LogP contribution in [0.1, 0.15) is 35.2 Å². The van der Waals surface area contributed by atoms with Crippen molar-refractivity contribution in [2.75, 3.05) is 20.2 Å². The van der Waals surface area contributed by atoms with Crippen LogP contribution in [0.2, 0.25) is 0 Å². The van der Waals surface area contributed by atoms with Crippen LogP contribution in [0.5, 0.6) is 5.75 Å². The zero-order chi connectivity index (χ0) is 29.7. The largest absolute Gasteiger partial charge is 0.494 e. The zero-order valence-corrected chi connectivity index (χ0v) is 23.6. The highest BCUT2D eigenvalue weighted by Gasteiger charge is 2.33. The lowest BCUT2D eigenvalue weighted by Gasteiger charge is -2.34. The number of aromatic nitrogens is 6. The molecular formula is C30H31FN8O4. The number of fused-ring (bicyclic) bond motifs is 2. The van der Waals surface area contributed by atoms with E-state index in [1.807, 2.05) is 18.3 Å². The van der Waals surface area contributed by atoms with Crippen molar-refractivity contribution in [2.45, 2.75) is 44.6 Å². The Kier molecular flexibility index (Phi) is 6.71. The van der Waals surface area contributed by atoms with E-state index in [1.165, 1.54) is 17.7 Å². The number of nitrogens with one attached hydrogen (secondary N) is 1. The summed E-state index contributed by atoms with van der Waals surface area (Å²) in [5.74, 6) is 1.32. The van der Waals surface area contributed by atoms with Gasteiger partial charge in [0.25, 0.3) is 5.91 Å². The number of aromatic amines is 1. The lowest BCUT2D eigenvalue weighted by Crippen LogP contribution is -2.49.